The average molecular weight is 218 g/mol. The Morgan fingerprint density at radius 3 is 3.38 bits per heavy atom. The fraction of sp³-hybridized carbons (Fsp3) is 0.455. The van der Waals surface area contributed by atoms with Gasteiger partial charge in [-0.15, -0.1) is 0 Å². The molecule has 1 aromatic heterocycles. The van der Waals surface area contributed by atoms with E-state index in [0.29, 0.717) is 17.9 Å². The van der Waals surface area contributed by atoms with Gasteiger partial charge in [-0.05, 0) is 12.1 Å². The Kier molecular flexibility index (Phi) is 3.70. The molecule has 1 aliphatic rings. The molecule has 0 aliphatic carbocycles. The third-order valence-corrected chi connectivity index (χ3v) is 2.40. The van der Waals surface area contributed by atoms with Crippen LogP contribution in [0, 0.1) is 11.3 Å². The van der Waals surface area contributed by atoms with Gasteiger partial charge in [0, 0.05) is 25.8 Å². The van der Waals surface area contributed by atoms with E-state index in [2.05, 4.69) is 21.7 Å². The number of nitriles is 1. The summed E-state index contributed by atoms with van der Waals surface area (Å²) in [5, 5.41) is 15.2. The maximum absolute atomic E-state index is 8.74. The van der Waals surface area contributed by atoms with Crippen molar-refractivity contribution in [1.29, 1.82) is 5.26 Å². The number of rotatable bonds is 3. The molecule has 1 unspecified atom stereocenters. The van der Waals surface area contributed by atoms with Crippen molar-refractivity contribution in [3.63, 3.8) is 0 Å². The van der Waals surface area contributed by atoms with Crippen LogP contribution in [0.2, 0.25) is 0 Å². The van der Waals surface area contributed by atoms with E-state index in [-0.39, 0.29) is 6.10 Å². The molecule has 1 atom stereocenters. The highest BCUT2D eigenvalue weighted by Crippen LogP contribution is 2.06. The van der Waals surface area contributed by atoms with Crippen LogP contribution in [0.15, 0.2) is 18.3 Å². The number of nitrogens with zero attached hydrogens (tertiary/aromatic N) is 2. The summed E-state index contributed by atoms with van der Waals surface area (Å²) in [5.74, 6) is 0.716. The van der Waals surface area contributed by atoms with E-state index in [1.165, 1.54) is 0 Å². The molecule has 1 fully saturated rings. The first kappa shape index (κ1) is 10.9. The zero-order valence-electron chi connectivity index (χ0n) is 8.94. The minimum Gasteiger partial charge on any atom is -0.374 e. The summed E-state index contributed by atoms with van der Waals surface area (Å²) in [4.78, 5) is 4.13. The summed E-state index contributed by atoms with van der Waals surface area (Å²) in [6.45, 7) is 3.22. The van der Waals surface area contributed by atoms with Crippen LogP contribution in [0.3, 0.4) is 0 Å². The molecule has 0 aromatic carbocycles. The van der Waals surface area contributed by atoms with Gasteiger partial charge in [-0.2, -0.15) is 5.26 Å². The summed E-state index contributed by atoms with van der Waals surface area (Å²) in [7, 11) is 0. The van der Waals surface area contributed by atoms with E-state index in [1.54, 1.807) is 18.3 Å². The first-order valence-corrected chi connectivity index (χ1v) is 5.31. The molecule has 2 rings (SSSR count). The van der Waals surface area contributed by atoms with Crippen LogP contribution in [-0.4, -0.2) is 37.3 Å². The Bertz CT molecular complexity index is 382. The molecular formula is C11H14N4O. The SMILES string of the molecule is N#Cc1ccnc(NCC2CNCCO2)c1. The van der Waals surface area contributed by atoms with Gasteiger partial charge >= 0.3 is 0 Å². The molecule has 2 heterocycles. The van der Waals surface area contributed by atoms with Crippen LogP contribution in [0.1, 0.15) is 5.56 Å². The number of anilines is 1. The van der Waals surface area contributed by atoms with Crippen LogP contribution >= 0.6 is 0 Å². The Morgan fingerprint density at radius 1 is 1.69 bits per heavy atom. The highest BCUT2D eigenvalue weighted by molar-refractivity contribution is 5.42. The molecule has 2 N–H and O–H groups in total. The molecule has 16 heavy (non-hydrogen) atoms. The van der Waals surface area contributed by atoms with E-state index in [4.69, 9.17) is 10.00 Å². The minimum absolute atomic E-state index is 0.168. The predicted molar refractivity (Wildman–Crippen MR) is 60.1 cm³/mol. The Balaban J connectivity index is 1.86. The minimum atomic E-state index is 0.168. The molecular weight excluding hydrogens is 204 g/mol. The first-order chi connectivity index (χ1) is 7.88. The summed E-state index contributed by atoms with van der Waals surface area (Å²) in [5.41, 5.74) is 0.611. The van der Waals surface area contributed by atoms with Crippen molar-refractivity contribution >= 4 is 5.82 Å². The predicted octanol–water partition coefficient (Wildman–Crippen LogP) is 0.354. The van der Waals surface area contributed by atoms with Crippen LogP contribution in [0.4, 0.5) is 5.82 Å². The molecule has 5 heteroatoms. The summed E-state index contributed by atoms with van der Waals surface area (Å²) < 4.78 is 5.54. The lowest BCUT2D eigenvalue weighted by atomic mass is 10.2. The van der Waals surface area contributed by atoms with Crippen molar-refractivity contribution in [2.24, 2.45) is 0 Å². The highest BCUT2D eigenvalue weighted by atomic mass is 16.5. The molecule has 0 bridgehead atoms. The third-order valence-electron chi connectivity index (χ3n) is 2.40. The molecule has 0 saturated carbocycles. The summed E-state index contributed by atoms with van der Waals surface area (Å²) in [6, 6.07) is 5.50. The zero-order valence-corrected chi connectivity index (χ0v) is 8.94. The van der Waals surface area contributed by atoms with E-state index in [0.717, 1.165) is 19.7 Å². The van der Waals surface area contributed by atoms with Gasteiger partial charge in [0.2, 0.25) is 0 Å². The number of ether oxygens (including phenoxy) is 1. The first-order valence-electron chi connectivity index (χ1n) is 5.31. The molecule has 1 aliphatic heterocycles. The highest BCUT2D eigenvalue weighted by Gasteiger charge is 2.12. The molecule has 1 aromatic rings. The quantitative estimate of drug-likeness (QED) is 0.766. The largest absolute Gasteiger partial charge is 0.374 e. The van der Waals surface area contributed by atoms with Gasteiger partial charge in [0.05, 0.1) is 24.3 Å². The lowest BCUT2D eigenvalue weighted by Crippen LogP contribution is -2.42. The second kappa shape index (κ2) is 5.45. The molecule has 0 radical (unpaired) electrons. The lowest BCUT2D eigenvalue weighted by molar-refractivity contribution is 0.0372. The maximum atomic E-state index is 8.74. The van der Waals surface area contributed by atoms with Crippen molar-refractivity contribution in [1.82, 2.24) is 10.3 Å². The number of hydrogen-bond donors (Lipinski definition) is 2. The van der Waals surface area contributed by atoms with Crippen LogP contribution in [-0.2, 0) is 4.74 Å². The average Bonchev–Trinajstić information content (AvgIpc) is 2.38. The number of nitrogens with one attached hydrogen (secondary N) is 2. The number of hydrogen-bond acceptors (Lipinski definition) is 5. The number of aromatic nitrogens is 1. The van der Waals surface area contributed by atoms with Crippen molar-refractivity contribution in [2.45, 2.75) is 6.10 Å². The second-order valence-corrected chi connectivity index (χ2v) is 3.62. The van der Waals surface area contributed by atoms with Crippen molar-refractivity contribution in [2.75, 3.05) is 31.6 Å². The van der Waals surface area contributed by atoms with E-state index < -0.39 is 0 Å². The van der Waals surface area contributed by atoms with Gasteiger partial charge < -0.3 is 15.4 Å². The van der Waals surface area contributed by atoms with Gasteiger partial charge in [-0.1, -0.05) is 0 Å². The third kappa shape index (κ3) is 2.92. The molecule has 5 nitrogen and oxygen atoms in total. The van der Waals surface area contributed by atoms with E-state index >= 15 is 0 Å². The van der Waals surface area contributed by atoms with Crippen molar-refractivity contribution in [3.8, 4) is 6.07 Å². The fourth-order valence-electron chi connectivity index (χ4n) is 1.57. The number of pyridine rings is 1. The van der Waals surface area contributed by atoms with Crippen LogP contribution < -0.4 is 10.6 Å². The molecule has 0 spiro atoms. The van der Waals surface area contributed by atoms with Gasteiger partial charge in [-0.3, -0.25) is 0 Å². The van der Waals surface area contributed by atoms with Gasteiger partial charge in [0.25, 0.3) is 0 Å². The Hall–Kier alpha value is -1.64. The standard InChI is InChI=1S/C11H14N4O/c12-6-9-1-2-14-11(5-9)15-8-10-7-13-3-4-16-10/h1-2,5,10,13H,3-4,7-8H2,(H,14,15). The Morgan fingerprint density at radius 2 is 2.62 bits per heavy atom. The topological polar surface area (TPSA) is 70.0 Å². The Labute approximate surface area is 94.4 Å². The fourth-order valence-corrected chi connectivity index (χ4v) is 1.57. The van der Waals surface area contributed by atoms with Crippen LogP contribution in [0.25, 0.3) is 0 Å². The maximum Gasteiger partial charge on any atom is 0.127 e. The smallest absolute Gasteiger partial charge is 0.127 e. The summed E-state index contributed by atoms with van der Waals surface area (Å²) in [6.07, 6.45) is 1.79. The molecule has 0 amide bonds. The lowest BCUT2D eigenvalue weighted by Gasteiger charge is -2.23. The summed E-state index contributed by atoms with van der Waals surface area (Å²) >= 11 is 0. The van der Waals surface area contributed by atoms with Crippen molar-refractivity contribution < 1.29 is 4.74 Å². The number of morpholine rings is 1. The molecule has 1 saturated heterocycles. The van der Waals surface area contributed by atoms with E-state index in [1.807, 2.05) is 0 Å². The zero-order chi connectivity index (χ0) is 11.2. The normalized spacial score (nSPS) is 20.1. The second-order valence-electron chi connectivity index (χ2n) is 3.62. The van der Waals surface area contributed by atoms with Crippen LogP contribution in [0.5, 0.6) is 0 Å². The van der Waals surface area contributed by atoms with E-state index in [9.17, 15) is 0 Å². The molecule has 84 valence electrons. The van der Waals surface area contributed by atoms with Crippen molar-refractivity contribution in [3.05, 3.63) is 23.9 Å². The van der Waals surface area contributed by atoms with Gasteiger partial charge in [-0.25, -0.2) is 4.98 Å². The van der Waals surface area contributed by atoms with Gasteiger partial charge in [0.1, 0.15) is 5.82 Å². The van der Waals surface area contributed by atoms with Gasteiger partial charge in [0.15, 0.2) is 0 Å². The monoisotopic (exact) mass is 218 g/mol.